The Morgan fingerprint density at radius 3 is 2.58 bits per heavy atom. The van der Waals surface area contributed by atoms with Gasteiger partial charge in [0.1, 0.15) is 0 Å². The molecule has 0 saturated carbocycles. The van der Waals surface area contributed by atoms with Gasteiger partial charge in [-0.15, -0.1) is 0 Å². The third-order valence-electron chi connectivity index (χ3n) is 2.86. The Bertz CT molecular complexity index is 604. The van der Waals surface area contributed by atoms with Gasteiger partial charge < -0.3 is 5.32 Å². The molecule has 0 amide bonds. The quantitative estimate of drug-likeness (QED) is 0.756. The summed E-state index contributed by atoms with van der Waals surface area (Å²) < 4.78 is 28.1. The lowest BCUT2D eigenvalue weighted by molar-refractivity contribution is 0.487. The predicted octanol–water partition coefficient (Wildman–Crippen LogP) is 4.53. The molecule has 5 heteroatoms. The Balaban J connectivity index is 2.50. The normalized spacial score (nSPS) is 12.5. The van der Waals surface area contributed by atoms with Gasteiger partial charge >= 0.3 is 0 Å². The first-order valence-electron chi connectivity index (χ1n) is 5.60. The zero-order valence-corrected chi connectivity index (χ0v) is 13.0. The zero-order chi connectivity index (χ0) is 14.0. The molecule has 0 fully saturated rings. The minimum Gasteiger partial charge on any atom is -0.309 e. The van der Waals surface area contributed by atoms with Crippen molar-refractivity contribution in [2.24, 2.45) is 0 Å². The fourth-order valence-electron chi connectivity index (χ4n) is 1.94. The van der Waals surface area contributed by atoms with Crippen LogP contribution in [-0.4, -0.2) is 7.05 Å². The van der Waals surface area contributed by atoms with Gasteiger partial charge in [-0.3, -0.25) is 0 Å². The standard InChI is InChI=1S/C14H11ClF2IN/c1-19-14(8-5-6-12(18)10(15)7-8)9-3-2-4-11(16)13(9)17/h2-7,14,19H,1H3. The Morgan fingerprint density at radius 1 is 1.21 bits per heavy atom. The lowest BCUT2D eigenvalue weighted by Crippen LogP contribution is -2.19. The van der Waals surface area contributed by atoms with Crippen LogP contribution in [0.4, 0.5) is 8.78 Å². The Kier molecular flexibility index (Phi) is 4.76. The predicted molar refractivity (Wildman–Crippen MR) is 81.4 cm³/mol. The molecule has 0 aliphatic heterocycles. The van der Waals surface area contributed by atoms with Crippen molar-refractivity contribution in [3.8, 4) is 0 Å². The van der Waals surface area contributed by atoms with Crippen LogP contribution in [-0.2, 0) is 0 Å². The van der Waals surface area contributed by atoms with Crippen molar-refractivity contribution < 1.29 is 8.78 Å². The molecule has 1 N–H and O–H groups in total. The average Bonchev–Trinajstić information content (AvgIpc) is 2.39. The van der Waals surface area contributed by atoms with Crippen LogP contribution in [0.5, 0.6) is 0 Å². The molecule has 1 atom stereocenters. The van der Waals surface area contributed by atoms with Crippen molar-refractivity contribution in [1.82, 2.24) is 5.32 Å². The first kappa shape index (κ1) is 14.7. The molecular weight excluding hydrogens is 383 g/mol. The van der Waals surface area contributed by atoms with E-state index in [0.717, 1.165) is 15.2 Å². The van der Waals surface area contributed by atoms with Crippen LogP contribution in [0.15, 0.2) is 36.4 Å². The third kappa shape index (κ3) is 3.07. The number of nitrogens with one attached hydrogen (secondary N) is 1. The molecule has 0 saturated heterocycles. The van der Waals surface area contributed by atoms with Crippen molar-refractivity contribution in [3.05, 3.63) is 67.8 Å². The second-order valence-corrected chi connectivity index (χ2v) is 5.61. The van der Waals surface area contributed by atoms with Crippen molar-refractivity contribution in [2.75, 3.05) is 7.05 Å². The van der Waals surface area contributed by atoms with Crippen LogP contribution >= 0.6 is 34.2 Å². The van der Waals surface area contributed by atoms with Crippen LogP contribution in [0.1, 0.15) is 17.2 Å². The van der Waals surface area contributed by atoms with E-state index in [1.165, 1.54) is 6.07 Å². The maximum absolute atomic E-state index is 13.9. The molecule has 0 heterocycles. The van der Waals surface area contributed by atoms with Crippen molar-refractivity contribution in [2.45, 2.75) is 6.04 Å². The summed E-state index contributed by atoms with van der Waals surface area (Å²) in [5.41, 5.74) is 1.05. The number of benzene rings is 2. The molecule has 0 bridgehead atoms. The molecule has 2 rings (SSSR count). The van der Waals surface area contributed by atoms with Gasteiger partial charge in [0.15, 0.2) is 11.6 Å². The molecule has 0 spiro atoms. The fraction of sp³-hybridized carbons (Fsp3) is 0.143. The summed E-state index contributed by atoms with van der Waals surface area (Å²) >= 11 is 8.19. The topological polar surface area (TPSA) is 12.0 Å². The highest BCUT2D eigenvalue weighted by Crippen LogP contribution is 2.29. The Hall–Kier alpha value is -0.720. The highest BCUT2D eigenvalue weighted by atomic mass is 127. The smallest absolute Gasteiger partial charge is 0.163 e. The molecule has 0 aliphatic rings. The molecule has 0 radical (unpaired) electrons. The van der Waals surface area contributed by atoms with E-state index < -0.39 is 17.7 Å². The molecule has 0 aromatic heterocycles. The van der Waals surface area contributed by atoms with Gasteiger partial charge in [0, 0.05) is 9.13 Å². The molecular formula is C14H11ClF2IN. The molecule has 0 aliphatic carbocycles. The summed E-state index contributed by atoms with van der Waals surface area (Å²) in [6, 6.07) is 9.17. The molecule has 1 nitrogen and oxygen atoms in total. The van der Waals surface area contributed by atoms with Crippen LogP contribution in [0, 0.1) is 15.2 Å². The fourth-order valence-corrected chi connectivity index (χ4v) is 2.46. The number of hydrogen-bond donors (Lipinski definition) is 1. The molecule has 1 unspecified atom stereocenters. The number of halogens is 4. The van der Waals surface area contributed by atoms with E-state index in [1.54, 1.807) is 19.2 Å². The van der Waals surface area contributed by atoms with Gasteiger partial charge in [-0.05, 0) is 53.4 Å². The maximum Gasteiger partial charge on any atom is 0.163 e. The number of hydrogen-bond acceptors (Lipinski definition) is 1. The summed E-state index contributed by atoms with van der Waals surface area (Å²) in [7, 11) is 1.70. The van der Waals surface area contributed by atoms with E-state index in [4.69, 9.17) is 11.6 Å². The zero-order valence-electron chi connectivity index (χ0n) is 10.1. The summed E-state index contributed by atoms with van der Waals surface area (Å²) in [6.45, 7) is 0. The average molecular weight is 394 g/mol. The van der Waals surface area contributed by atoms with Crippen LogP contribution in [0.25, 0.3) is 0 Å². The van der Waals surface area contributed by atoms with Gasteiger partial charge in [0.05, 0.1) is 11.1 Å². The second kappa shape index (κ2) is 6.15. The third-order valence-corrected chi connectivity index (χ3v) is 4.43. The van der Waals surface area contributed by atoms with Crippen molar-refractivity contribution in [3.63, 3.8) is 0 Å². The lowest BCUT2D eigenvalue weighted by Gasteiger charge is -2.18. The summed E-state index contributed by atoms with van der Waals surface area (Å²) in [5, 5.41) is 3.57. The van der Waals surface area contributed by atoms with Crippen LogP contribution < -0.4 is 5.32 Å². The van der Waals surface area contributed by atoms with Crippen molar-refractivity contribution >= 4 is 34.2 Å². The minimum atomic E-state index is -0.852. The summed E-state index contributed by atoms with van der Waals surface area (Å²) in [4.78, 5) is 0. The Labute approximate surface area is 129 Å². The first-order chi connectivity index (χ1) is 9.04. The van der Waals surface area contributed by atoms with Gasteiger partial charge in [0.25, 0.3) is 0 Å². The second-order valence-electron chi connectivity index (χ2n) is 4.04. The van der Waals surface area contributed by atoms with Gasteiger partial charge in [-0.25, -0.2) is 8.78 Å². The van der Waals surface area contributed by atoms with Crippen LogP contribution in [0.2, 0.25) is 5.02 Å². The summed E-state index contributed by atoms with van der Waals surface area (Å²) in [5.74, 6) is -1.69. The highest BCUT2D eigenvalue weighted by Gasteiger charge is 2.19. The largest absolute Gasteiger partial charge is 0.309 e. The van der Waals surface area contributed by atoms with Crippen LogP contribution in [0.3, 0.4) is 0 Å². The SMILES string of the molecule is CNC(c1ccc(I)c(Cl)c1)c1cccc(F)c1F. The number of rotatable bonds is 3. The summed E-state index contributed by atoms with van der Waals surface area (Å²) in [6.07, 6.45) is 0. The molecule has 2 aromatic carbocycles. The first-order valence-corrected chi connectivity index (χ1v) is 7.06. The van der Waals surface area contributed by atoms with Gasteiger partial charge in [0.2, 0.25) is 0 Å². The van der Waals surface area contributed by atoms with E-state index >= 15 is 0 Å². The van der Waals surface area contributed by atoms with Crippen molar-refractivity contribution in [1.29, 1.82) is 0 Å². The van der Waals surface area contributed by atoms with E-state index in [2.05, 4.69) is 27.9 Å². The maximum atomic E-state index is 13.9. The molecule has 100 valence electrons. The minimum absolute atomic E-state index is 0.264. The van der Waals surface area contributed by atoms with E-state index in [0.29, 0.717) is 5.02 Å². The lowest BCUT2D eigenvalue weighted by atomic mass is 9.98. The van der Waals surface area contributed by atoms with Gasteiger partial charge in [-0.1, -0.05) is 29.8 Å². The monoisotopic (exact) mass is 393 g/mol. The molecule has 19 heavy (non-hydrogen) atoms. The van der Waals surface area contributed by atoms with E-state index in [-0.39, 0.29) is 5.56 Å². The molecule has 2 aromatic rings. The van der Waals surface area contributed by atoms with E-state index in [9.17, 15) is 8.78 Å². The van der Waals surface area contributed by atoms with Gasteiger partial charge in [-0.2, -0.15) is 0 Å². The Morgan fingerprint density at radius 2 is 1.95 bits per heavy atom. The van der Waals surface area contributed by atoms with E-state index in [1.807, 2.05) is 12.1 Å². The highest BCUT2D eigenvalue weighted by molar-refractivity contribution is 14.1.